The molecule has 1 fully saturated rings. The Labute approximate surface area is 101 Å². The average molecular weight is 238 g/mol. The third-order valence-corrected chi connectivity index (χ3v) is 2.98. The van der Waals surface area contributed by atoms with Crippen molar-refractivity contribution < 1.29 is 13.9 Å². The molecular formula is C12H18N2O3. The van der Waals surface area contributed by atoms with Crippen LogP contribution in [0.3, 0.4) is 0 Å². The summed E-state index contributed by atoms with van der Waals surface area (Å²) in [6.07, 6.45) is 0. The largest absolute Gasteiger partial charge is 0.455 e. The second-order valence-electron chi connectivity index (χ2n) is 4.42. The summed E-state index contributed by atoms with van der Waals surface area (Å²) < 4.78 is 10.8. The maximum Gasteiger partial charge on any atom is 0.290 e. The Morgan fingerprint density at radius 2 is 2.06 bits per heavy atom. The molecule has 0 aromatic carbocycles. The Morgan fingerprint density at radius 1 is 1.41 bits per heavy atom. The van der Waals surface area contributed by atoms with Crippen LogP contribution in [0.5, 0.6) is 0 Å². The Morgan fingerprint density at radius 3 is 2.59 bits per heavy atom. The van der Waals surface area contributed by atoms with Crippen molar-refractivity contribution in [3.8, 4) is 0 Å². The number of ether oxygens (including phenoxy) is 1. The molecule has 0 radical (unpaired) electrons. The van der Waals surface area contributed by atoms with Crippen LogP contribution in [0.15, 0.2) is 16.5 Å². The van der Waals surface area contributed by atoms with Gasteiger partial charge < -0.3 is 19.8 Å². The average Bonchev–Trinajstić information content (AvgIpc) is 2.77. The van der Waals surface area contributed by atoms with E-state index in [9.17, 15) is 4.79 Å². The van der Waals surface area contributed by atoms with Gasteiger partial charge in [-0.25, -0.2) is 0 Å². The summed E-state index contributed by atoms with van der Waals surface area (Å²) in [5, 5.41) is 0. The maximum atomic E-state index is 12.3. The fraction of sp³-hybridized carbons (Fsp3) is 0.583. The summed E-state index contributed by atoms with van der Waals surface area (Å²) in [5.41, 5.74) is 5.46. The monoisotopic (exact) mass is 238 g/mol. The van der Waals surface area contributed by atoms with Crippen LogP contribution in [0.1, 0.15) is 30.2 Å². The van der Waals surface area contributed by atoms with Crippen molar-refractivity contribution in [2.24, 2.45) is 5.73 Å². The summed E-state index contributed by atoms with van der Waals surface area (Å²) in [6, 6.07) is 3.55. The third-order valence-electron chi connectivity index (χ3n) is 2.98. The molecule has 1 aliphatic heterocycles. The van der Waals surface area contributed by atoms with Gasteiger partial charge in [0.05, 0.1) is 31.8 Å². The SMILES string of the molecule is C[C@H]1COC[C@H](C)N1C(=O)c1ccc(CN)o1. The lowest BCUT2D eigenvalue weighted by atomic mass is 10.1. The predicted octanol–water partition coefficient (Wildman–Crippen LogP) is 0.988. The van der Waals surface area contributed by atoms with Crippen LogP contribution in [-0.2, 0) is 11.3 Å². The van der Waals surface area contributed by atoms with E-state index in [1.165, 1.54) is 0 Å². The molecule has 2 N–H and O–H groups in total. The highest BCUT2D eigenvalue weighted by Crippen LogP contribution is 2.18. The van der Waals surface area contributed by atoms with Crippen LogP contribution in [0, 0.1) is 0 Å². The molecule has 1 aromatic heterocycles. The highest BCUT2D eigenvalue weighted by Gasteiger charge is 2.31. The molecule has 5 heteroatoms. The number of carbonyl (C=O) groups excluding carboxylic acids is 1. The zero-order chi connectivity index (χ0) is 12.4. The first-order valence-electron chi connectivity index (χ1n) is 5.82. The van der Waals surface area contributed by atoms with Crippen molar-refractivity contribution in [3.05, 3.63) is 23.7 Å². The van der Waals surface area contributed by atoms with E-state index in [-0.39, 0.29) is 18.0 Å². The number of hydrogen-bond donors (Lipinski definition) is 1. The molecule has 1 aromatic rings. The second kappa shape index (κ2) is 4.89. The van der Waals surface area contributed by atoms with E-state index < -0.39 is 0 Å². The molecule has 1 amide bonds. The second-order valence-corrected chi connectivity index (χ2v) is 4.42. The molecule has 0 spiro atoms. The number of hydrogen-bond acceptors (Lipinski definition) is 4. The zero-order valence-corrected chi connectivity index (χ0v) is 10.2. The third kappa shape index (κ3) is 2.35. The number of nitrogens with two attached hydrogens (primary N) is 1. The summed E-state index contributed by atoms with van der Waals surface area (Å²) in [4.78, 5) is 14.1. The molecule has 0 bridgehead atoms. The van der Waals surface area contributed by atoms with E-state index in [4.69, 9.17) is 14.9 Å². The Bertz CT molecular complexity index is 392. The first kappa shape index (κ1) is 12.1. The van der Waals surface area contributed by atoms with E-state index in [0.717, 1.165) is 0 Å². The van der Waals surface area contributed by atoms with Gasteiger partial charge in [0.15, 0.2) is 5.76 Å². The number of carbonyl (C=O) groups is 1. The van der Waals surface area contributed by atoms with E-state index in [0.29, 0.717) is 31.3 Å². The van der Waals surface area contributed by atoms with Crippen LogP contribution in [0.2, 0.25) is 0 Å². The van der Waals surface area contributed by atoms with Crippen LogP contribution >= 0.6 is 0 Å². The molecule has 1 aliphatic rings. The molecular weight excluding hydrogens is 220 g/mol. The molecule has 5 nitrogen and oxygen atoms in total. The number of furan rings is 1. The van der Waals surface area contributed by atoms with Gasteiger partial charge in [-0.1, -0.05) is 0 Å². The van der Waals surface area contributed by atoms with Gasteiger partial charge in [-0.05, 0) is 26.0 Å². The van der Waals surface area contributed by atoms with Gasteiger partial charge in [0, 0.05) is 0 Å². The smallest absolute Gasteiger partial charge is 0.290 e. The first-order chi connectivity index (χ1) is 8.13. The minimum absolute atomic E-state index is 0.0673. The highest BCUT2D eigenvalue weighted by atomic mass is 16.5. The molecule has 2 heterocycles. The Kier molecular flexibility index (Phi) is 3.49. The lowest BCUT2D eigenvalue weighted by molar-refractivity contribution is -0.0263. The van der Waals surface area contributed by atoms with Crippen molar-refractivity contribution in [3.63, 3.8) is 0 Å². The molecule has 0 aliphatic carbocycles. The predicted molar refractivity (Wildman–Crippen MR) is 62.5 cm³/mol. The van der Waals surface area contributed by atoms with E-state index in [1.54, 1.807) is 12.1 Å². The Balaban J connectivity index is 2.17. The summed E-state index contributed by atoms with van der Waals surface area (Å²) >= 11 is 0. The molecule has 1 saturated heterocycles. The minimum atomic E-state index is -0.0898. The molecule has 2 rings (SSSR count). The van der Waals surface area contributed by atoms with Crippen LogP contribution < -0.4 is 5.73 Å². The van der Waals surface area contributed by atoms with Crippen molar-refractivity contribution in [1.29, 1.82) is 0 Å². The fourth-order valence-corrected chi connectivity index (χ4v) is 2.13. The van der Waals surface area contributed by atoms with Gasteiger partial charge >= 0.3 is 0 Å². The summed E-state index contributed by atoms with van der Waals surface area (Å²) in [7, 11) is 0. The van der Waals surface area contributed by atoms with Gasteiger partial charge in [-0.2, -0.15) is 0 Å². The molecule has 0 unspecified atom stereocenters. The van der Waals surface area contributed by atoms with E-state index in [2.05, 4.69) is 0 Å². The van der Waals surface area contributed by atoms with Crippen molar-refractivity contribution in [1.82, 2.24) is 4.90 Å². The summed E-state index contributed by atoms with van der Waals surface area (Å²) in [6.45, 7) is 5.39. The molecule has 0 saturated carbocycles. The van der Waals surface area contributed by atoms with Crippen molar-refractivity contribution >= 4 is 5.91 Å². The zero-order valence-electron chi connectivity index (χ0n) is 10.2. The number of nitrogens with zero attached hydrogens (tertiary/aromatic N) is 1. The topological polar surface area (TPSA) is 68.7 Å². The summed E-state index contributed by atoms with van der Waals surface area (Å²) in [5.74, 6) is 0.890. The van der Waals surface area contributed by atoms with E-state index in [1.807, 2.05) is 18.7 Å². The molecule has 17 heavy (non-hydrogen) atoms. The van der Waals surface area contributed by atoms with Crippen LogP contribution in [0.4, 0.5) is 0 Å². The number of morpholine rings is 1. The van der Waals surface area contributed by atoms with Gasteiger partial charge in [-0.3, -0.25) is 4.79 Å². The molecule has 94 valence electrons. The quantitative estimate of drug-likeness (QED) is 0.834. The lowest BCUT2D eigenvalue weighted by Gasteiger charge is -2.38. The molecule has 2 atom stereocenters. The van der Waals surface area contributed by atoms with E-state index >= 15 is 0 Å². The maximum absolute atomic E-state index is 12.3. The highest BCUT2D eigenvalue weighted by molar-refractivity contribution is 5.92. The Hall–Kier alpha value is -1.33. The van der Waals surface area contributed by atoms with Crippen LogP contribution in [-0.4, -0.2) is 36.1 Å². The normalized spacial score (nSPS) is 25.0. The first-order valence-corrected chi connectivity index (χ1v) is 5.82. The number of amides is 1. The van der Waals surface area contributed by atoms with Crippen molar-refractivity contribution in [2.45, 2.75) is 32.5 Å². The standard InChI is InChI=1S/C12H18N2O3/c1-8-6-16-7-9(2)14(8)12(15)11-4-3-10(5-13)17-11/h3-4,8-9H,5-7,13H2,1-2H3/t8-,9-/m0/s1. The van der Waals surface area contributed by atoms with Crippen LogP contribution in [0.25, 0.3) is 0 Å². The minimum Gasteiger partial charge on any atom is -0.455 e. The lowest BCUT2D eigenvalue weighted by Crippen LogP contribution is -2.52. The van der Waals surface area contributed by atoms with Crippen molar-refractivity contribution in [2.75, 3.05) is 13.2 Å². The number of rotatable bonds is 2. The fourth-order valence-electron chi connectivity index (χ4n) is 2.13. The van der Waals surface area contributed by atoms with Gasteiger partial charge in [0.1, 0.15) is 5.76 Å². The van der Waals surface area contributed by atoms with Gasteiger partial charge in [0.25, 0.3) is 5.91 Å². The van der Waals surface area contributed by atoms with Gasteiger partial charge in [-0.15, -0.1) is 0 Å². The van der Waals surface area contributed by atoms with Gasteiger partial charge in [0.2, 0.25) is 0 Å².